The summed E-state index contributed by atoms with van der Waals surface area (Å²) in [5.74, 6) is 0. The number of aryl methyl sites for hydroxylation is 1. The van der Waals surface area contributed by atoms with Gasteiger partial charge < -0.3 is 5.32 Å². The van der Waals surface area contributed by atoms with E-state index in [0.29, 0.717) is 5.41 Å². The zero-order chi connectivity index (χ0) is 10.7. The van der Waals surface area contributed by atoms with Crippen LogP contribution in [0, 0.1) is 5.41 Å². The van der Waals surface area contributed by atoms with Crippen molar-refractivity contribution in [2.45, 2.75) is 32.6 Å². The maximum absolute atomic E-state index is 3.26. The molecule has 1 atom stereocenters. The zero-order valence-electron chi connectivity index (χ0n) is 10.3. The fourth-order valence-corrected chi connectivity index (χ4v) is 2.60. The second kappa shape index (κ2) is 5.70. The van der Waals surface area contributed by atoms with Gasteiger partial charge in [0.05, 0.1) is 0 Å². The van der Waals surface area contributed by atoms with Crippen molar-refractivity contribution in [3.63, 3.8) is 0 Å². The number of halogens is 1. The molecular weight excluding hydrogens is 218 g/mol. The van der Waals surface area contributed by atoms with Gasteiger partial charge in [0.1, 0.15) is 0 Å². The molecule has 0 aromatic heterocycles. The number of benzene rings is 1. The molecule has 0 fully saturated rings. The van der Waals surface area contributed by atoms with Crippen LogP contribution in [0.1, 0.15) is 30.9 Å². The molecule has 0 aliphatic heterocycles. The first-order valence-corrected chi connectivity index (χ1v) is 5.95. The molecule has 2 rings (SSSR count). The Hall–Kier alpha value is -0.530. The molecule has 0 saturated carbocycles. The lowest BCUT2D eigenvalue weighted by molar-refractivity contribution is 0.255. The molecule has 16 heavy (non-hydrogen) atoms. The summed E-state index contributed by atoms with van der Waals surface area (Å²) in [7, 11) is 2.04. The number of fused-ring (bicyclic) bond motifs is 1. The Morgan fingerprint density at radius 2 is 1.94 bits per heavy atom. The van der Waals surface area contributed by atoms with E-state index in [0.717, 1.165) is 6.54 Å². The van der Waals surface area contributed by atoms with Crippen LogP contribution in [0.3, 0.4) is 0 Å². The Morgan fingerprint density at radius 1 is 1.25 bits per heavy atom. The van der Waals surface area contributed by atoms with Crippen molar-refractivity contribution >= 4 is 12.4 Å². The predicted molar refractivity (Wildman–Crippen MR) is 72.4 cm³/mol. The SMILES string of the molecule is CNCCC1(C)CCc2ccccc2C1.Cl. The van der Waals surface area contributed by atoms with Gasteiger partial charge in [0, 0.05) is 0 Å². The van der Waals surface area contributed by atoms with Gasteiger partial charge in [-0.25, -0.2) is 0 Å². The normalized spacial score (nSPS) is 23.4. The minimum Gasteiger partial charge on any atom is -0.320 e. The van der Waals surface area contributed by atoms with Crippen molar-refractivity contribution in [3.05, 3.63) is 35.4 Å². The van der Waals surface area contributed by atoms with Crippen LogP contribution in [0.5, 0.6) is 0 Å². The third kappa shape index (κ3) is 2.99. The number of hydrogen-bond acceptors (Lipinski definition) is 1. The Labute approximate surface area is 105 Å². The van der Waals surface area contributed by atoms with Crippen LogP contribution < -0.4 is 5.32 Å². The van der Waals surface area contributed by atoms with Crippen LogP contribution in [0.2, 0.25) is 0 Å². The summed E-state index contributed by atoms with van der Waals surface area (Å²) in [6.07, 6.45) is 5.14. The smallest absolute Gasteiger partial charge is 0.00466 e. The highest BCUT2D eigenvalue weighted by Gasteiger charge is 2.28. The molecule has 0 heterocycles. The standard InChI is InChI=1S/C14H21N.ClH/c1-14(9-10-15-2)8-7-12-5-3-4-6-13(12)11-14;/h3-6,15H,7-11H2,1-2H3;1H. The third-order valence-electron chi connectivity index (χ3n) is 3.71. The van der Waals surface area contributed by atoms with Crippen LogP contribution in [0.15, 0.2) is 24.3 Å². The fourth-order valence-electron chi connectivity index (χ4n) is 2.60. The highest BCUT2D eigenvalue weighted by atomic mass is 35.5. The first-order chi connectivity index (χ1) is 7.23. The van der Waals surface area contributed by atoms with Crippen LogP contribution in [-0.4, -0.2) is 13.6 Å². The maximum atomic E-state index is 3.26. The van der Waals surface area contributed by atoms with Gasteiger partial charge in [-0.2, -0.15) is 0 Å². The second-order valence-electron chi connectivity index (χ2n) is 5.11. The van der Waals surface area contributed by atoms with E-state index in [-0.39, 0.29) is 12.4 Å². The molecule has 1 aliphatic carbocycles. The second-order valence-corrected chi connectivity index (χ2v) is 5.11. The molecule has 0 bridgehead atoms. The average molecular weight is 240 g/mol. The monoisotopic (exact) mass is 239 g/mol. The van der Waals surface area contributed by atoms with Gasteiger partial charge in [0.15, 0.2) is 0 Å². The van der Waals surface area contributed by atoms with Gasteiger partial charge >= 0.3 is 0 Å². The fraction of sp³-hybridized carbons (Fsp3) is 0.571. The van der Waals surface area contributed by atoms with E-state index >= 15 is 0 Å². The molecule has 90 valence electrons. The minimum atomic E-state index is 0. The van der Waals surface area contributed by atoms with Gasteiger partial charge in [-0.3, -0.25) is 0 Å². The van der Waals surface area contributed by atoms with Crippen molar-refractivity contribution in [2.75, 3.05) is 13.6 Å². The van der Waals surface area contributed by atoms with Crippen LogP contribution in [-0.2, 0) is 12.8 Å². The van der Waals surface area contributed by atoms with Crippen LogP contribution >= 0.6 is 12.4 Å². The molecule has 1 aromatic rings. The Balaban J connectivity index is 0.00000128. The van der Waals surface area contributed by atoms with E-state index in [1.54, 1.807) is 11.1 Å². The minimum absolute atomic E-state index is 0. The Kier molecular flexibility index (Phi) is 4.82. The van der Waals surface area contributed by atoms with Gasteiger partial charge in [0.25, 0.3) is 0 Å². The lowest BCUT2D eigenvalue weighted by Gasteiger charge is -2.35. The molecule has 0 amide bonds. The van der Waals surface area contributed by atoms with Crippen molar-refractivity contribution < 1.29 is 0 Å². The average Bonchev–Trinajstić information content (AvgIpc) is 2.26. The van der Waals surface area contributed by atoms with Gasteiger partial charge in [-0.15, -0.1) is 12.4 Å². The summed E-state index contributed by atoms with van der Waals surface area (Å²) >= 11 is 0. The van der Waals surface area contributed by atoms with Gasteiger partial charge in [0.2, 0.25) is 0 Å². The molecule has 1 nitrogen and oxygen atoms in total. The maximum Gasteiger partial charge on any atom is -0.00466 e. The van der Waals surface area contributed by atoms with Gasteiger partial charge in [-0.05, 0) is 55.8 Å². The van der Waals surface area contributed by atoms with Gasteiger partial charge in [-0.1, -0.05) is 31.2 Å². The van der Waals surface area contributed by atoms with Crippen molar-refractivity contribution in [3.8, 4) is 0 Å². The molecule has 1 aromatic carbocycles. The summed E-state index contributed by atoms with van der Waals surface area (Å²) < 4.78 is 0. The molecule has 1 aliphatic rings. The topological polar surface area (TPSA) is 12.0 Å². The molecule has 1 N–H and O–H groups in total. The summed E-state index contributed by atoms with van der Waals surface area (Å²) in [6, 6.07) is 8.91. The van der Waals surface area contributed by atoms with Crippen LogP contribution in [0.4, 0.5) is 0 Å². The lowest BCUT2D eigenvalue weighted by atomic mass is 9.71. The Morgan fingerprint density at radius 3 is 2.62 bits per heavy atom. The highest BCUT2D eigenvalue weighted by molar-refractivity contribution is 5.85. The Bertz CT molecular complexity index is 337. The van der Waals surface area contributed by atoms with E-state index in [4.69, 9.17) is 0 Å². The summed E-state index contributed by atoms with van der Waals surface area (Å²) in [5.41, 5.74) is 3.65. The van der Waals surface area contributed by atoms with E-state index in [9.17, 15) is 0 Å². The molecule has 0 spiro atoms. The van der Waals surface area contributed by atoms with E-state index in [1.165, 1.54) is 25.7 Å². The molecule has 0 saturated heterocycles. The van der Waals surface area contributed by atoms with Crippen molar-refractivity contribution in [1.82, 2.24) is 5.32 Å². The number of rotatable bonds is 3. The molecule has 1 unspecified atom stereocenters. The summed E-state index contributed by atoms with van der Waals surface area (Å²) in [5, 5.41) is 3.26. The number of nitrogens with one attached hydrogen (secondary N) is 1. The quantitative estimate of drug-likeness (QED) is 0.854. The highest BCUT2D eigenvalue weighted by Crippen LogP contribution is 2.37. The number of hydrogen-bond donors (Lipinski definition) is 1. The van der Waals surface area contributed by atoms with Crippen molar-refractivity contribution in [2.24, 2.45) is 5.41 Å². The molecule has 0 radical (unpaired) electrons. The predicted octanol–water partition coefficient (Wildman–Crippen LogP) is 3.21. The zero-order valence-corrected chi connectivity index (χ0v) is 11.1. The van der Waals surface area contributed by atoms with E-state index in [2.05, 4.69) is 36.5 Å². The lowest BCUT2D eigenvalue weighted by Crippen LogP contribution is -2.29. The first kappa shape index (κ1) is 13.5. The summed E-state index contributed by atoms with van der Waals surface area (Å²) in [6.45, 7) is 3.57. The first-order valence-electron chi connectivity index (χ1n) is 5.95. The molecular formula is C14H22ClN. The summed E-state index contributed by atoms with van der Waals surface area (Å²) in [4.78, 5) is 0. The largest absolute Gasteiger partial charge is 0.320 e. The van der Waals surface area contributed by atoms with E-state index < -0.39 is 0 Å². The van der Waals surface area contributed by atoms with Crippen molar-refractivity contribution in [1.29, 1.82) is 0 Å². The van der Waals surface area contributed by atoms with Crippen LogP contribution in [0.25, 0.3) is 0 Å². The molecule has 2 heteroatoms. The third-order valence-corrected chi connectivity index (χ3v) is 3.71. The van der Waals surface area contributed by atoms with E-state index in [1.807, 2.05) is 7.05 Å².